The van der Waals surface area contributed by atoms with Crippen molar-refractivity contribution < 1.29 is 9.84 Å². The molecule has 15 heavy (non-hydrogen) atoms. The minimum Gasteiger partial charge on any atom is -0.389 e. The first kappa shape index (κ1) is 11.0. The summed E-state index contributed by atoms with van der Waals surface area (Å²) in [5.74, 6) is 0. The van der Waals surface area contributed by atoms with Crippen LogP contribution in [0.4, 0.5) is 0 Å². The van der Waals surface area contributed by atoms with E-state index >= 15 is 0 Å². The van der Waals surface area contributed by atoms with Gasteiger partial charge < -0.3 is 9.84 Å². The third kappa shape index (κ3) is 2.56. The number of aromatic nitrogens is 1. The van der Waals surface area contributed by atoms with Crippen molar-refractivity contribution in [2.75, 3.05) is 6.61 Å². The second kappa shape index (κ2) is 4.20. The second-order valence-electron chi connectivity index (χ2n) is 4.27. The van der Waals surface area contributed by atoms with E-state index in [4.69, 9.17) is 4.74 Å². The molecule has 1 fully saturated rings. The molecule has 1 aliphatic carbocycles. The molecule has 1 aliphatic rings. The van der Waals surface area contributed by atoms with E-state index in [1.54, 1.807) is 11.3 Å². The zero-order chi connectivity index (χ0) is 10.9. The molecule has 0 unspecified atom stereocenters. The van der Waals surface area contributed by atoms with E-state index in [1.807, 2.05) is 19.2 Å². The number of hydrogen-bond acceptors (Lipinski definition) is 4. The third-order valence-electron chi connectivity index (χ3n) is 2.76. The summed E-state index contributed by atoms with van der Waals surface area (Å²) < 4.78 is 5.44. The number of aryl methyl sites for hydroxylation is 1. The maximum atomic E-state index is 10.2. The summed E-state index contributed by atoms with van der Waals surface area (Å²) >= 11 is 1.63. The molecule has 3 nitrogen and oxygen atoms in total. The number of hydrogen-bond donors (Lipinski definition) is 1. The van der Waals surface area contributed by atoms with E-state index in [0.29, 0.717) is 6.42 Å². The number of rotatable bonds is 4. The molecule has 0 radical (unpaired) electrons. The average Bonchev–Trinajstić information content (AvgIpc) is 2.49. The Labute approximate surface area is 94.1 Å². The van der Waals surface area contributed by atoms with Crippen molar-refractivity contribution >= 4 is 11.3 Å². The molecule has 1 N–H and O–H groups in total. The molecule has 0 atom stereocenters. The third-order valence-corrected chi connectivity index (χ3v) is 3.73. The molecule has 0 aromatic carbocycles. The molecule has 1 saturated carbocycles. The number of ether oxygens (including phenoxy) is 1. The van der Waals surface area contributed by atoms with Gasteiger partial charge >= 0.3 is 0 Å². The second-order valence-corrected chi connectivity index (χ2v) is 5.21. The van der Waals surface area contributed by atoms with Crippen LogP contribution in [0, 0.1) is 6.92 Å². The standard InChI is InChI=1S/C11H17NO2S/c1-3-14-9-4-11(13,5-9)6-10-12-8(2)7-15-10/h7,9,13H,3-6H2,1-2H3. The molecule has 2 rings (SSSR count). The van der Waals surface area contributed by atoms with Crippen LogP contribution in [0.25, 0.3) is 0 Å². The van der Waals surface area contributed by atoms with E-state index in [9.17, 15) is 5.11 Å². The highest BCUT2D eigenvalue weighted by molar-refractivity contribution is 7.09. The van der Waals surface area contributed by atoms with Crippen LogP contribution in [0.3, 0.4) is 0 Å². The van der Waals surface area contributed by atoms with E-state index in [2.05, 4.69) is 4.98 Å². The number of aliphatic hydroxyl groups is 1. The lowest BCUT2D eigenvalue weighted by molar-refractivity contribution is -0.136. The Kier molecular flexibility index (Phi) is 3.09. The highest BCUT2D eigenvalue weighted by Crippen LogP contribution is 2.37. The number of thiazole rings is 1. The Morgan fingerprint density at radius 3 is 2.93 bits per heavy atom. The predicted octanol–water partition coefficient (Wildman–Crippen LogP) is 1.92. The van der Waals surface area contributed by atoms with Gasteiger partial charge in [0.15, 0.2) is 0 Å². The monoisotopic (exact) mass is 227 g/mol. The van der Waals surface area contributed by atoms with Crippen molar-refractivity contribution in [1.82, 2.24) is 4.98 Å². The van der Waals surface area contributed by atoms with Gasteiger partial charge in [-0.25, -0.2) is 4.98 Å². The van der Waals surface area contributed by atoms with Crippen LogP contribution in [0.15, 0.2) is 5.38 Å². The Balaban J connectivity index is 1.86. The summed E-state index contributed by atoms with van der Waals surface area (Å²) in [7, 11) is 0. The van der Waals surface area contributed by atoms with E-state index < -0.39 is 5.60 Å². The first-order valence-corrected chi connectivity index (χ1v) is 6.24. The van der Waals surface area contributed by atoms with Crippen LogP contribution in [0.5, 0.6) is 0 Å². The minimum atomic E-state index is -0.565. The molecule has 0 spiro atoms. The molecule has 0 bridgehead atoms. The Hall–Kier alpha value is -0.450. The summed E-state index contributed by atoms with van der Waals surface area (Å²) in [5, 5.41) is 13.2. The molecule has 1 aromatic rings. The average molecular weight is 227 g/mol. The van der Waals surface area contributed by atoms with E-state index in [1.165, 1.54) is 0 Å². The molecule has 84 valence electrons. The normalized spacial score (nSPS) is 30.2. The van der Waals surface area contributed by atoms with Gasteiger partial charge in [-0.05, 0) is 13.8 Å². The topological polar surface area (TPSA) is 42.4 Å². The van der Waals surface area contributed by atoms with Gasteiger partial charge in [0, 0.05) is 36.9 Å². The molecule has 0 aliphatic heterocycles. The molecule has 1 aromatic heterocycles. The molecule has 4 heteroatoms. The van der Waals surface area contributed by atoms with Crippen molar-refractivity contribution in [3.05, 3.63) is 16.1 Å². The van der Waals surface area contributed by atoms with Gasteiger partial charge in [-0.3, -0.25) is 0 Å². The SMILES string of the molecule is CCOC1CC(O)(Cc2nc(C)cs2)C1. The zero-order valence-corrected chi connectivity index (χ0v) is 10.0. The van der Waals surface area contributed by atoms with Gasteiger partial charge in [-0.2, -0.15) is 0 Å². The van der Waals surface area contributed by atoms with Crippen molar-refractivity contribution in [3.8, 4) is 0 Å². The number of nitrogens with zero attached hydrogens (tertiary/aromatic N) is 1. The Morgan fingerprint density at radius 2 is 2.40 bits per heavy atom. The first-order valence-electron chi connectivity index (χ1n) is 5.36. The lowest BCUT2D eigenvalue weighted by Crippen LogP contribution is -2.49. The van der Waals surface area contributed by atoms with Crippen molar-refractivity contribution in [3.63, 3.8) is 0 Å². The Morgan fingerprint density at radius 1 is 1.67 bits per heavy atom. The fraction of sp³-hybridized carbons (Fsp3) is 0.727. The van der Waals surface area contributed by atoms with Crippen molar-refractivity contribution in [2.24, 2.45) is 0 Å². The smallest absolute Gasteiger partial charge is 0.0956 e. The lowest BCUT2D eigenvalue weighted by atomic mass is 9.75. The van der Waals surface area contributed by atoms with Crippen LogP contribution in [-0.2, 0) is 11.2 Å². The van der Waals surface area contributed by atoms with E-state index in [-0.39, 0.29) is 6.10 Å². The minimum absolute atomic E-state index is 0.251. The van der Waals surface area contributed by atoms with Crippen LogP contribution in [0.1, 0.15) is 30.5 Å². The van der Waals surface area contributed by atoms with E-state index in [0.717, 1.165) is 30.2 Å². The summed E-state index contributed by atoms with van der Waals surface area (Å²) in [4.78, 5) is 4.37. The van der Waals surface area contributed by atoms with Gasteiger partial charge in [-0.1, -0.05) is 0 Å². The highest BCUT2D eigenvalue weighted by atomic mass is 32.1. The summed E-state index contributed by atoms with van der Waals surface area (Å²) in [6.45, 7) is 4.70. The summed E-state index contributed by atoms with van der Waals surface area (Å²) in [5.41, 5.74) is 0.476. The molecular formula is C11H17NO2S. The predicted molar refractivity (Wildman–Crippen MR) is 60.2 cm³/mol. The van der Waals surface area contributed by atoms with Gasteiger partial charge in [0.1, 0.15) is 0 Å². The molecule has 0 amide bonds. The zero-order valence-electron chi connectivity index (χ0n) is 9.19. The fourth-order valence-electron chi connectivity index (χ4n) is 2.05. The van der Waals surface area contributed by atoms with Crippen LogP contribution < -0.4 is 0 Å². The highest BCUT2D eigenvalue weighted by Gasteiger charge is 2.43. The van der Waals surface area contributed by atoms with Gasteiger partial charge in [0.05, 0.1) is 16.7 Å². The van der Waals surface area contributed by atoms with Crippen LogP contribution in [0.2, 0.25) is 0 Å². The van der Waals surface area contributed by atoms with Crippen LogP contribution >= 0.6 is 11.3 Å². The summed E-state index contributed by atoms with van der Waals surface area (Å²) in [6, 6.07) is 0. The van der Waals surface area contributed by atoms with Crippen molar-refractivity contribution in [2.45, 2.75) is 44.8 Å². The largest absolute Gasteiger partial charge is 0.389 e. The first-order chi connectivity index (χ1) is 7.11. The fourth-order valence-corrected chi connectivity index (χ4v) is 2.96. The molecule has 1 heterocycles. The maximum absolute atomic E-state index is 10.2. The maximum Gasteiger partial charge on any atom is 0.0956 e. The lowest BCUT2D eigenvalue weighted by Gasteiger charge is -2.42. The van der Waals surface area contributed by atoms with Gasteiger partial charge in [0.2, 0.25) is 0 Å². The van der Waals surface area contributed by atoms with Gasteiger partial charge in [0.25, 0.3) is 0 Å². The summed E-state index contributed by atoms with van der Waals surface area (Å²) in [6.07, 6.45) is 2.43. The van der Waals surface area contributed by atoms with Gasteiger partial charge in [-0.15, -0.1) is 11.3 Å². The molecular weight excluding hydrogens is 210 g/mol. The van der Waals surface area contributed by atoms with Crippen molar-refractivity contribution in [1.29, 1.82) is 0 Å². The quantitative estimate of drug-likeness (QED) is 0.854. The molecule has 0 saturated heterocycles. The Bertz CT molecular complexity index is 331. The van der Waals surface area contributed by atoms with Crippen LogP contribution in [-0.4, -0.2) is 28.4 Å².